The zero-order valence-corrected chi connectivity index (χ0v) is 17.7. The monoisotopic (exact) mass is 479 g/mol. The minimum Gasteiger partial charge on any atom is -0.380 e. The molecule has 0 aliphatic rings. The molecule has 0 unspecified atom stereocenters. The van der Waals surface area contributed by atoms with Gasteiger partial charge in [0.15, 0.2) is 0 Å². The van der Waals surface area contributed by atoms with Gasteiger partial charge in [0.1, 0.15) is 16.9 Å². The highest BCUT2D eigenvalue weighted by molar-refractivity contribution is 9.10. The summed E-state index contributed by atoms with van der Waals surface area (Å²) in [5.41, 5.74) is 5.38. The highest BCUT2D eigenvalue weighted by Gasteiger charge is 2.11. The Bertz CT molecular complexity index is 965. The molecule has 1 amide bonds. The molecule has 0 spiro atoms. The van der Waals surface area contributed by atoms with Gasteiger partial charge in [-0.15, -0.1) is 0 Å². The predicted molar refractivity (Wildman–Crippen MR) is 114 cm³/mol. The average Bonchev–Trinajstić information content (AvgIpc) is 2.67. The Hall–Kier alpha value is -2.12. The van der Waals surface area contributed by atoms with E-state index in [2.05, 4.69) is 31.7 Å². The number of carbonyl (C=O) groups is 1. The number of para-hydroxylation sites is 1. The van der Waals surface area contributed by atoms with Crippen LogP contribution < -0.4 is 10.8 Å². The largest absolute Gasteiger partial charge is 0.380 e. The molecule has 0 aliphatic heterocycles. The summed E-state index contributed by atoms with van der Waals surface area (Å²) < 4.78 is 0.918. The Labute approximate surface area is 181 Å². The minimum absolute atomic E-state index is 0.247. The van der Waals surface area contributed by atoms with Gasteiger partial charge in [-0.2, -0.15) is 0 Å². The van der Waals surface area contributed by atoms with E-state index in [1.807, 2.05) is 36.4 Å². The first kappa shape index (κ1) is 20.6. The van der Waals surface area contributed by atoms with E-state index in [1.165, 1.54) is 0 Å². The molecule has 0 fully saturated rings. The van der Waals surface area contributed by atoms with Crippen LogP contribution in [0.15, 0.2) is 65.1 Å². The number of nitrogens with zero attached hydrogens (tertiary/aromatic N) is 1. The van der Waals surface area contributed by atoms with Crippen molar-refractivity contribution < 1.29 is 9.63 Å². The second kappa shape index (κ2) is 9.89. The molecule has 2 N–H and O–H groups in total. The van der Waals surface area contributed by atoms with Crippen molar-refractivity contribution in [3.05, 3.63) is 92.1 Å². The van der Waals surface area contributed by atoms with Crippen LogP contribution in [0.3, 0.4) is 0 Å². The third kappa shape index (κ3) is 5.69. The summed E-state index contributed by atoms with van der Waals surface area (Å²) in [5.74, 6) is -0.346. The van der Waals surface area contributed by atoms with E-state index in [1.54, 1.807) is 24.3 Å². The van der Waals surface area contributed by atoms with Crippen LogP contribution in [-0.2, 0) is 18.0 Å². The van der Waals surface area contributed by atoms with Gasteiger partial charge in [0.25, 0.3) is 5.91 Å². The maximum atomic E-state index is 12.5. The summed E-state index contributed by atoms with van der Waals surface area (Å²) in [5, 5.41) is 3.84. The van der Waals surface area contributed by atoms with Gasteiger partial charge >= 0.3 is 0 Å². The Balaban J connectivity index is 1.62. The fraction of sp³-hybridized carbons (Fsp3) is 0.100. The van der Waals surface area contributed by atoms with Gasteiger partial charge in [-0.1, -0.05) is 69.5 Å². The number of aromatic nitrogens is 1. The Kier molecular flexibility index (Phi) is 7.28. The molecular formula is C20H16BrCl2N3O2. The van der Waals surface area contributed by atoms with Gasteiger partial charge in [0, 0.05) is 16.7 Å². The number of nitrogens with one attached hydrogen (secondary N) is 2. The molecule has 0 radical (unpaired) electrons. The van der Waals surface area contributed by atoms with Crippen LogP contribution in [0.4, 0.5) is 5.69 Å². The highest BCUT2D eigenvalue weighted by atomic mass is 79.9. The van der Waals surface area contributed by atoms with E-state index >= 15 is 0 Å². The number of carbonyl (C=O) groups excluding carboxylic acids is 1. The maximum Gasteiger partial charge on any atom is 0.276 e. The number of anilines is 1. The van der Waals surface area contributed by atoms with Crippen molar-refractivity contribution >= 4 is 50.7 Å². The van der Waals surface area contributed by atoms with Crippen molar-refractivity contribution in [1.29, 1.82) is 0 Å². The van der Waals surface area contributed by atoms with Crippen molar-refractivity contribution in [3.63, 3.8) is 0 Å². The van der Waals surface area contributed by atoms with Crippen LogP contribution in [0.1, 0.15) is 21.5 Å². The number of benzene rings is 2. The minimum atomic E-state index is -0.346. The lowest BCUT2D eigenvalue weighted by atomic mass is 10.1. The van der Waals surface area contributed by atoms with Crippen LogP contribution in [-0.4, -0.2) is 10.9 Å². The van der Waals surface area contributed by atoms with Crippen LogP contribution in [0.5, 0.6) is 0 Å². The summed E-state index contributed by atoms with van der Waals surface area (Å²) >= 11 is 15.3. The number of pyridine rings is 1. The lowest BCUT2D eigenvalue weighted by Crippen LogP contribution is -2.24. The molecule has 1 heterocycles. The molecule has 0 saturated carbocycles. The lowest BCUT2D eigenvalue weighted by Gasteiger charge is -2.13. The number of hydrogen-bond acceptors (Lipinski definition) is 4. The first-order valence-electron chi connectivity index (χ1n) is 8.33. The fourth-order valence-corrected chi connectivity index (χ4v) is 3.40. The molecule has 0 saturated heterocycles. The van der Waals surface area contributed by atoms with Gasteiger partial charge < -0.3 is 5.32 Å². The molecule has 8 heteroatoms. The molecule has 1 aromatic heterocycles. The van der Waals surface area contributed by atoms with Crippen LogP contribution in [0.25, 0.3) is 0 Å². The maximum absolute atomic E-state index is 12.5. The fourth-order valence-electron chi connectivity index (χ4n) is 2.50. The van der Waals surface area contributed by atoms with Crippen molar-refractivity contribution in [1.82, 2.24) is 10.5 Å². The van der Waals surface area contributed by atoms with Crippen molar-refractivity contribution in [2.24, 2.45) is 0 Å². The zero-order chi connectivity index (χ0) is 19.9. The van der Waals surface area contributed by atoms with E-state index in [0.717, 1.165) is 15.6 Å². The third-order valence-electron chi connectivity index (χ3n) is 3.83. The summed E-state index contributed by atoms with van der Waals surface area (Å²) in [6, 6.07) is 18.2. The molecule has 144 valence electrons. The zero-order valence-electron chi connectivity index (χ0n) is 14.6. The van der Waals surface area contributed by atoms with Gasteiger partial charge in [-0.3, -0.25) is 9.63 Å². The topological polar surface area (TPSA) is 63.2 Å². The highest BCUT2D eigenvalue weighted by Crippen LogP contribution is 2.20. The second-order valence-corrected chi connectivity index (χ2v) is 7.46. The first-order valence-corrected chi connectivity index (χ1v) is 9.88. The third-order valence-corrected chi connectivity index (χ3v) is 4.99. The predicted octanol–water partition coefficient (Wildman–Crippen LogP) is 5.62. The van der Waals surface area contributed by atoms with E-state index in [0.29, 0.717) is 28.1 Å². The van der Waals surface area contributed by atoms with Gasteiger partial charge in [-0.25, -0.2) is 10.5 Å². The van der Waals surface area contributed by atoms with Crippen LogP contribution in [0, 0.1) is 0 Å². The van der Waals surface area contributed by atoms with E-state index in [9.17, 15) is 4.79 Å². The smallest absolute Gasteiger partial charge is 0.276 e. The number of hydrogen-bond donors (Lipinski definition) is 2. The summed E-state index contributed by atoms with van der Waals surface area (Å²) in [6.45, 7) is 0.681. The summed E-state index contributed by atoms with van der Waals surface area (Å²) in [4.78, 5) is 21.8. The molecule has 2 aromatic carbocycles. The van der Waals surface area contributed by atoms with Gasteiger partial charge in [0.05, 0.1) is 5.56 Å². The SMILES string of the molecule is O=C(NOCc1ccccc1Br)c1ccccc1NCc1cc(Cl)nc(Cl)c1. The van der Waals surface area contributed by atoms with E-state index in [-0.39, 0.29) is 12.5 Å². The van der Waals surface area contributed by atoms with Gasteiger partial charge in [-0.05, 0) is 41.5 Å². The van der Waals surface area contributed by atoms with Crippen LogP contribution >= 0.6 is 39.1 Å². The number of rotatable bonds is 7. The Morgan fingerprint density at radius 1 is 1.04 bits per heavy atom. The molecule has 28 heavy (non-hydrogen) atoms. The molecule has 0 atom stereocenters. The van der Waals surface area contributed by atoms with Crippen molar-refractivity contribution in [2.45, 2.75) is 13.2 Å². The van der Waals surface area contributed by atoms with Gasteiger partial charge in [0.2, 0.25) is 0 Å². The second-order valence-electron chi connectivity index (χ2n) is 5.83. The van der Waals surface area contributed by atoms with E-state index < -0.39 is 0 Å². The molecule has 5 nitrogen and oxygen atoms in total. The number of amides is 1. The first-order chi connectivity index (χ1) is 13.5. The Morgan fingerprint density at radius 2 is 1.71 bits per heavy atom. The number of hydroxylamine groups is 1. The summed E-state index contributed by atoms with van der Waals surface area (Å²) in [6.07, 6.45) is 0. The lowest BCUT2D eigenvalue weighted by molar-refractivity contribution is 0.0232. The normalized spacial score (nSPS) is 10.5. The molecule has 3 rings (SSSR count). The molecule has 0 bridgehead atoms. The Morgan fingerprint density at radius 3 is 2.46 bits per heavy atom. The number of halogens is 3. The van der Waals surface area contributed by atoms with Crippen LogP contribution in [0.2, 0.25) is 10.3 Å². The van der Waals surface area contributed by atoms with E-state index in [4.69, 9.17) is 28.0 Å². The molecular weight excluding hydrogens is 465 g/mol. The van der Waals surface area contributed by atoms with Crippen molar-refractivity contribution in [3.8, 4) is 0 Å². The molecule has 0 aliphatic carbocycles. The summed E-state index contributed by atoms with van der Waals surface area (Å²) in [7, 11) is 0. The average molecular weight is 481 g/mol. The standard InChI is InChI=1S/C20H16BrCl2N3O2/c21-16-7-3-1-5-14(16)12-28-26-20(27)15-6-2-4-8-17(15)24-11-13-9-18(22)25-19(23)10-13/h1-10,24H,11-12H2,(H,26,27). The quantitative estimate of drug-likeness (QED) is 0.340. The molecule has 3 aromatic rings. The van der Waals surface area contributed by atoms with Crippen molar-refractivity contribution in [2.75, 3.05) is 5.32 Å².